The van der Waals surface area contributed by atoms with E-state index in [2.05, 4.69) is 31.1 Å². The summed E-state index contributed by atoms with van der Waals surface area (Å²) in [5, 5.41) is 9.58. The van der Waals surface area contributed by atoms with Crippen molar-refractivity contribution in [3.05, 3.63) is 59.9 Å². The maximum absolute atomic E-state index is 12.4. The molecule has 0 aliphatic rings. The van der Waals surface area contributed by atoms with E-state index in [4.69, 9.17) is 11.2 Å². The Balaban J connectivity index is 1.65. The molecule has 0 atom stereocenters. The number of nitrogens with zero attached hydrogens (tertiary/aromatic N) is 2. The van der Waals surface area contributed by atoms with Crippen LogP contribution in [0.4, 0.5) is 0 Å². The molecule has 0 aliphatic carbocycles. The van der Waals surface area contributed by atoms with E-state index in [9.17, 15) is 13.2 Å². The molecule has 9 nitrogen and oxygen atoms in total. The van der Waals surface area contributed by atoms with Crippen molar-refractivity contribution in [1.82, 2.24) is 25.2 Å². The van der Waals surface area contributed by atoms with Crippen molar-refractivity contribution in [3.8, 4) is 29.5 Å². The van der Waals surface area contributed by atoms with E-state index in [0.717, 1.165) is 11.3 Å². The molecular formula is C20H19N5O4S. The SMILES string of the molecule is C#CCNS(=O)(=O)c1cccc(C(=O)NCc2nc(-c3ccc(OC)cc3)n[nH]2)c1. The Morgan fingerprint density at radius 1 is 1.23 bits per heavy atom. The summed E-state index contributed by atoms with van der Waals surface area (Å²) in [4.78, 5) is 16.7. The van der Waals surface area contributed by atoms with Crippen LogP contribution in [0.3, 0.4) is 0 Å². The monoisotopic (exact) mass is 425 g/mol. The van der Waals surface area contributed by atoms with E-state index >= 15 is 0 Å². The van der Waals surface area contributed by atoms with Crippen molar-refractivity contribution in [1.29, 1.82) is 0 Å². The van der Waals surface area contributed by atoms with Crippen LogP contribution in [0.5, 0.6) is 5.75 Å². The third kappa shape index (κ3) is 5.02. The number of rotatable bonds is 8. The number of nitrogens with one attached hydrogen (secondary N) is 3. The number of hydrogen-bond donors (Lipinski definition) is 3. The van der Waals surface area contributed by atoms with Crippen LogP contribution < -0.4 is 14.8 Å². The molecule has 3 N–H and O–H groups in total. The zero-order chi connectivity index (χ0) is 21.6. The largest absolute Gasteiger partial charge is 0.497 e. The van der Waals surface area contributed by atoms with Gasteiger partial charge in [0, 0.05) is 11.1 Å². The fourth-order valence-electron chi connectivity index (χ4n) is 2.53. The molecule has 30 heavy (non-hydrogen) atoms. The smallest absolute Gasteiger partial charge is 0.251 e. The molecule has 3 aromatic rings. The second-order valence-corrected chi connectivity index (χ2v) is 7.84. The highest BCUT2D eigenvalue weighted by atomic mass is 32.2. The second-order valence-electron chi connectivity index (χ2n) is 6.07. The number of carbonyl (C=O) groups excluding carboxylic acids is 1. The van der Waals surface area contributed by atoms with Crippen molar-refractivity contribution in [2.75, 3.05) is 13.7 Å². The number of methoxy groups -OCH3 is 1. The number of amides is 1. The van der Waals surface area contributed by atoms with Crippen LogP contribution >= 0.6 is 0 Å². The molecule has 10 heteroatoms. The Labute approximate surface area is 173 Å². The van der Waals surface area contributed by atoms with E-state index in [0.29, 0.717) is 11.6 Å². The quantitative estimate of drug-likeness (QED) is 0.468. The van der Waals surface area contributed by atoms with Gasteiger partial charge in [0.25, 0.3) is 5.91 Å². The van der Waals surface area contributed by atoms with E-state index in [1.165, 1.54) is 24.3 Å². The zero-order valence-corrected chi connectivity index (χ0v) is 16.9. The molecule has 1 aromatic heterocycles. The van der Waals surface area contributed by atoms with Gasteiger partial charge < -0.3 is 10.1 Å². The highest BCUT2D eigenvalue weighted by Gasteiger charge is 2.16. The summed E-state index contributed by atoms with van der Waals surface area (Å²) in [5.74, 6) is 3.40. The fraction of sp³-hybridized carbons (Fsp3) is 0.150. The molecule has 0 radical (unpaired) electrons. The van der Waals surface area contributed by atoms with Gasteiger partial charge >= 0.3 is 0 Å². The fourth-order valence-corrected chi connectivity index (χ4v) is 3.51. The van der Waals surface area contributed by atoms with Gasteiger partial charge in [-0.25, -0.2) is 13.4 Å². The van der Waals surface area contributed by atoms with Crippen LogP contribution in [0.25, 0.3) is 11.4 Å². The number of H-pyrrole nitrogens is 1. The molecule has 0 fully saturated rings. The number of aromatic amines is 1. The predicted molar refractivity (Wildman–Crippen MR) is 110 cm³/mol. The molecule has 1 heterocycles. The lowest BCUT2D eigenvalue weighted by molar-refractivity contribution is 0.0949. The van der Waals surface area contributed by atoms with Crippen LogP contribution in [0.1, 0.15) is 16.2 Å². The number of terminal acetylenes is 1. The second kappa shape index (κ2) is 9.21. The van der Waals surface area contributed by atoms with E-state index < -0.39 is 15.9 Å². The van der Waals surface area contributed by atoms with Gasteiger partial charge in [0.2, 0.25) is 10.0 Å². The molecule has 0 saturated heterocycles. The summed E-state index contributed by atoms with van der Waals surface area (Å²) < 4.78 is 31.7. The summed E-state index contributed by atoms with van der Waals surface area (Å²) >= 11 is 0. The van der Waals surface area contributed by atoms with Gasteiger partial charge in [-0.1, -0.05) is 12.0 Å². The first-order valence-electron chi connectivity index (χ1n) is 8.80. The minimum absolute atomic E-state index is 0.0492. The molecule has 0 unspecified atom stereocenters. The lowest BCUT2D eigenvalue weighted by atomic mass is 10.2. The van der Waals surface area contributed by atoms with Gasteiger partial charge in [-0.05, 0) is 42.5 Å². The summed E-state index contributed by atoms with van der Waals surface area (Å²) in [7, 11) is -2.20. The predicted octanol–water partition coefficient (Wildman–Crippen LogP) is 1.32. The number of benzene rings is 2. The maximum atomic E-state index is 12.4. The van der Waals surface area contributed by atoms with Crippen LogP contribution in [0.15, 0.2) is 53.4 Å². The van der Waals surface area contributed by atoms with E-state index in [1.807, 2.05) is 12.1 Å². The summed E-state index contributed by atoms with van der Waals surface area (Å²) in [6, 6.07) is 12.9. The lowest BCUT2D eigenvalue weighted by Gasteiger charge is -2.07. The van der Waals surface area contributed by atoms with Gasteiger partial charge in [-0.3, -0.25) is 9.89 Å². The Morgan fingerprint density at radius 2 is 2.00 bits per heavy atom. The number of ether oxygens (including phenoxy) is 1. The average Bonchev–Trinajstić information content (AvgIpc) is 3.25. The maximum Gasteiger partial charge on any atom is 0.251 e. The standard InChI is InChI=1S/C20H19N5O4S/c1-3-11-22-30(27,28)17-6-4-5-15(12-17)20(26)21-13-18-23-19(25-24-18)14-7-9-16(29-2)10-8-14/h1,4-10,12,22H,11,13H2,2H3,(H,21,26)(H,23,24,25). The highest BCUT2D eigenvalue weighted by Crippen LogP contribution is 2.19. The molecule has 1 amide bonds. The van der Waals surface area contributed by atoms with Crippen LogP contribution in [-0.2, 0) is 16.6 Å². The average molecular weight is 425 g/mol. The topological polar surface area (TPSA) is 126 Å². The number of sulfonamides is 1. The van der Waals surface area contributed by atoms with Gasteiger partial charge in [0.1, 0.15) is 11.6 Å². The molecule has 0 saturated carbocycles. The number of aromatic nitrogens is 3. The summed E-state index contributed by atoms with van der Waals surface area (Å²) in [5.41, 5.74) is 0.982. The van der Waals surface area contributed by atoms with E-state index in [-0.39, 0.29) is 23.5 Å². The van der Waals surface area contributed by atoms with Gasteiger partial charge in [-0.2, -0.15) is 9.82 Å². The summed E-state index contributed by atoms with van der Waals surface area (Å²) in [6.45, 7) is -0.0465. The molecule has 3 rings (SSSR count). The lowest BCUT2D eigenvalue weighted by Crippen LogP contribution is -2.26. The Kier molecular flexibility index (Phi) is 6.46. The molecular weight excluding hydrogens is 406 g/mol. The van der Waals surface area contributed by atoms with Crippen LogP contribution in [0, 0.1) is 12.3 Å². The minimum Gasteiger partial charge on any atom is -0.497 e. The van der Waals surface area contributed by atoms with E-state index in [1.54, 1.807) is 19.2 Å². The Hall–Kier alpha value is -3.68. The van der Waals surface area contributed by atoms with Crippen molar-refractivity contribution in [3.63, 3.8) is 0 Å². The van der Waals surface area contributed by atoms with Gasteiger partial charge in [-0.15, -0.1) is 6.42 Å². The van der Waals surface area contributed by atoms with Crippen molar-refractivity contribution in [2.45, 2.75) is 11.4 Å². The van der Waals surface area contributed by atoms with Gasteiger partial charge in [0.05, 0.1) is 25.1 Å². The first-order chi connectivity index (χ1) is 14.4. The molecule has 2 aromatic carbocycles. The summed E-state index contributed by atoms with van der Waals surface area (Å²) in [6.07, 6.45) is 5.08. The van der Waals surface area contributed by atoms with Crippen molar-refractivity contribution < 1.29 is 17.9 Å². The first kappa shape index (κ1) is 21.0. The first-order valence-corrected chi connectivity index (χ1v) is 10.3. The molecule has 0 spiro atoms. The van der Waals surface area contributed by atoms with Gasteiger partial charge in [0.15, 0.2) is 5.82 Å². The third-order valence-electron chi connectivity index (χ3n) is 4.07. The Morgan fingerprint density at radius 3 is 2.70 bits per heavy atom. The van der Waals surface area contributed by atoms with Crippen LogP contribution in [-0.4, -0.2) is 43.2 Å². The highest BCUT2D eigenvalue weighted by molar-refractivity contribution is 7.89. The normalized spacial score (nSPS) is 10.9. The van der Waals surface area contributed by atoms with Crippen LogP contribution in [0.2, 0.25) is 0 Å². The molecule has 154 valence electrons. The zero-order valence-electron chi connectivity index (χ0n) is 16.0. The Bertz CT molecular complexity index is 1180. The number of hydrogen-bond acceptors (Lipinski definition) is 6. The van der Waals surface area contributed by atoms with Crippen molar-refractivity contribution >= 4 is 15.9 Å². The molecule has 0 aliphatic heterocycles. The number of carbonyl (C=O) groups is 1. The minimum atomic E-state index is -3.79. The third-order valence-corrected chi connectivity index (χ3v) is 5.47. The molecule has 0 bridgehead atoms. The van der Waals surface area contributed by atoms with Crippen molar-refractivity contribution in [2.24, 2.45) is 0 Å².